The van der Waals surface area contributed by atoms with Crippen molar-refractivity contribution in [1.82, 2.24) is 34.9 Å². The predicted molar refractivity (Wildman–Crippen MR) is 152 cm³/mol. The molecule has 228 valence electrons. The number of carboxylic acid groups (broad SMARTS) is 1. The largest absolute Gasteiger partial charge is 0.490 e. The van der Waals surface area contributed by atoms with Crippen LogP contribution in [0.5, 0.6) is 17.4 Å². The lowest BCUT2D eigenvalue weighted by Crippen LogP contribution is -2.42. The van der Waals surface area contributed by atoms with Crippen molar-refractivity contribution in [3.8, 4) is 17.4 Å². The number of hydrogen-bond donors (Lipinski definition) is 3. The van der Waals surface area contributed by atoms with E-state index in [-0.39, 0.29) is 6.10 Å². The Bertz CT molecular complexity index is 1800. The van der Waals surface area contributed by atoms with Crippen molar-refractivity contribution in [2.75, 3.05) is 5.32 Å². The third-order valence-corrected chi connectivity index (χ3v) is 7.38. The molecular weight excluding hydrogens is 581 g/mol. The van der Waals surface area contributed by atoms with Crippen molar-refractivity contribution in [2.45, 2.75) is 57.0 Å². The van der Waals surface area contributed by atoms with Gasteiger partial charge in [0, 0.05) is 29.2 Å². The van der Waals surface area contributed by atoms with Crippen LogP contribution in [0, 0.1) is 6.92 Å². The summed E-state index contributed by atoms with van der Waals surface area (Å²) < 4.78 is 45.7. The maximum atomic E-state index is 10.6. The molecule has 2 atom stereocenters. The number of ether oxygens (including phenoxy) is 2. The van der Waals surface area contributed by atoms with Crippen LogP contribution in [0.2, 0.25) is 0 Å². The second-order valence-electron chi connectivity index (χ2n) is 10.6. The summed E-state index contributed by atoms with van der Waals surface area (Å²) in [4.78, 5) is 26.3. The standard InChI is InChI=1S/C27H26N8O2.C2HF3O2/c1-16-8-17(4-7-24(16)37-26-12-25-29-14-32-35(25)15-31-26)34-27-22-11-20(5-6-23(22)28-13-30-27)36-21-9-18-2-3-19(10-21)33-18;3-2(4,5)1(6)7/h4-8,11-15,18-19,21,33H,2-3,9-10H2,1H3,(H,28,30,34);(H,6,7). The smallest absolute Gasteiger partial charge is 0.490 e. The fourth-order valence-corrected chi connectivity index (χ4v) is 5.36. The number of alkyl halides is 3. The van der Waals surface area contributed by atoms with Gasteiger partial charge in [-0.2, -0.15) is 18.3 Å². The van der Waals surface area contributed by atoms with Crippen LogP contribution in [-0.4, -0.2) is 65.0 Å². The number of aromatic nitrogens is 6. The van der Waals surface area contributed by atoms with Gasteiger partial charge in [-0.05, 0) is 74.6 Å². The quantitative estimate of drug-likeness (QED) is 0.233. The van der Waals surface area contributed by atoms with E-state index in [0.717, 1.165) is 46.6 Å². The molecule has 2 unspecified atom stereocenters. The highest BCUT2D eigenvalue weighted by molar-refractivity contribution is 5.91. The molecule has 2 aliphatic heterocycles. The fraction of sp³-hybridized carbons (Fsp3) is 0.310. The summed E-state index contributed by atoms with van der Waals surface area (Å²) in [6, 6.07) is 14.8. The molecule has 3 aromatic heterocycles. The highest BCUT2D eigenvalue weighted by Crippen LogP contribution is 2.33. The second-order valence-corrected chi connectivity index (χ2v) is 10.6. The summed E-state index contributed by atoms with van der Waals surface area (Å²) >= 11 is 0. The van der Waals surface area contributed by atoms with E-state index >= 15 is 0 Å². The van der Waals surface area contributed by atoms with Crippen LogP contribution >= 0.6 is 0 Å². The number of aliphatic carboxylic acids is 1. The molecule has 2 saturated heterocycles. The third kappa shape index (κ3) is 6.62. The lowest BCUT2D eigenvalue weighted by Gasteiger charge is -2.29. The minimum Gasteiger partial charge on any atom is -0.490 e. The zero-order chi connectivity index (χ0) is 30.8. The van der Waals surface area contributed by atoms with Gasteiger partial charge in [0.1, 0.15) is 42.4 Å². The fourth-order valence-electron chi connectivity index (χ4n) is 5.36. The minimum atomic E-state index is -5.08. The summed E-state index contributed by atoms with van der Waals surface area (Å²) in [7, 11) is 0. The number of anilines is 2. The van der Waals surface area contributed by atoms with Crippen LogP contribution in [0.15, 0.2) is 61.4 Å². The van der Waals surface area contributed by atoms with Gasteiger partial charge in [0.05, 0.1) is 5.52 Å². The second kappa shape index (κ2) is 11.9. The first-order chi connectivity index (χ1) is 21.1. The molecule has 2 aliphatic rings. The van der Waals surface area contributed by atoms with E-state index in [4.69, 9.17) is 19.4 Å². The van der Waals surface area contributed by atoms with Gasteiger partial charge >= 0.3 is 12.1 Å². The van der Waals surface area contributed by atoms with Gasteiger partial charge in [-0.3, -0.25) is 0 Å². The first-order valence-electron chi connectivity index (χ1n) is 13.8. The average Bonchev–Trinajstić information content (AvgIpc) is 3.59. The van der Waals surface area contributed by atoms with Gasteiger partial charge in [0.2, 0.25) is 5.88 Å². The normalized spacial score (nSPS) is 19.3. The number of piperidine rings is 1. The summed E-state index contributed by atoms with van der Waals surface area (Å²) in [5.74, 6) is -0.00415. The first-order valence-corrected chi connectivity index (χ1v) is 13.8. The molecular formula is C29H27F3N8O4. The van der Waals surface area contributed by atoms with Crippen molar-refractivity contribution in [3.63, 3.8) is 0 Å². The van der Waals surface area contributed by atoms with Crippen LogP contribution < -0.4 is 20.1 Å². The Morgan fingerprint density at radius 1 is 1.02 bits per heavy atom. The Hall–Kier alpha value is -5.05. The number of carboxylic acids is 1. The van der Waals surface area contributed by atoms with E-state index in [1.165, 1.54) is 19.2 Å². The van der Waals surface area contributed by atoms with Crippen LogP contribution in [0.4, 0.5) is 24.7 Å². The summed E-state index contributed by atoms with van der Waals surface area (Å²) in [5.41, 5.74) is 3.39. The molecule has 5 heterocycles. The maximum absolute atomic E-state index is 10.6. The average molecular weight is 609 g/mol. The van der Waals surface area contributed by atoms with Crippen LogP contribution in [0.25, 0.3) is 16.6 Å². The van der Waals surface area contributed by atoms with Crippen LogP contribution in [0.1, 0.15) is 31.2 Å². The number of nitrogens with zero attached hydrogens (tertiary/aromatic N) is 6. The molecule has 44 heavy (non-hydrogen) atoms. The Balaban J connectivity index is 0.000000441. The van der Waals surface area contributed by atoms with E-state index < -0.39 is 12.1 Å². The summed E-state index contributed by atoms with van der Waals surface area (Å²) in [6.07, 6.45) is 4.41. The zero-order valence-electron chi connectivity index (χ0n) is 23.3. The molecule has 2 fully saturated rings. The molecule has 7 rings (SSSR count). The highest BCUT2D eigenvalue weighted by atomic mass is 19.4. The molecule has 0 amide bonds. The van der Waals surface area contributed by atoms with E-state index in [1.807, 2.05) is 43.3 Å². The molecule has 0 aliphatic carbocycles. The van der Waals surface area contributed by atoms with Crippen molar-refractivity contribution in [2.24, 2.45) is 0 Å². The van der Waals surface area contributed by atoms with Gasteiger partial charge in [-0.15, -0.1) is 0 Å². The monoisotopic (exact) mass is 608 g/mol. The van der Waals surface area contributed by atoms with Crippen molar-refractivity contribution < 1.29 is 32.5 Å². The van der Waals surface area contributed by atoms with Gasteiger partial charge < -0.3 is 25.2 Å². The number of fused-ring (bicyclic) bond motifs is 4. The number of rotatable bonds is 6. The molecule has 0 radical (unpaired) electrons. The van der Waals surface area contributed by atoms with Crippen LogP contribution in [-0.2, 0) is 4.79 Å². The predicted octanol–water partition coefficient (Wildman–Crippen LogP) is 5.21. The lowest BCUT2D eigenvalue weighted by molar-refractivity contribution is -0.192. The molecule has 15 heteroatoms. The van der Waals surface area contributed by atoms with Gasteiger partial charge in [-0.25, -0.2) is 29.2 Å². The maximum Gasteiger partial charge on any atom is 0.490 e. The van der Waals surface area contributed by atoms with Crippen molar-refractivity contribution in [3.05, 3.63) is 67.0 Å². The molecule has 2 bridgehead atoms. The Morgan fingerprint density at radius 2 is 1.80 bits per heavy atom. The van der Waals surface area contributed by atoms with Crippen molar-refractivity contribution >= 4 is 34.0 Å². The Labute approximate surface area is 248 Å². The zero-order valence-corrected chi connectivity index (χ0v) is 23.3. The Kier molecular flexibility index (Phi) is 7.86. The van der Waals surface area contributed by atoms with Gasteiger partial charge in [-0.1, -0.05) is 0 Å². The highest BCUT2D eigenvalue weighted by Gasteiger charge is 2.38. The number of benzene rings is 2. The molecule has 5 aromatic rings. The molecule has 3 N–H and O–H groups in total. The third-order valence-electron chi connectivity index (χ3n) is 7.38. The van der Waals surface area contributed by atoms with Crippen molar-refractivity contribution in [1.29, 1.82) is 0 Å². The number of aryl methyl sites for hydroxylation is 1. The molecule has 2 aromatic carbocycles. The van der Waals surface area contributed by atoms with E-state index in [0.29, 0.717) is 29.4 Å². The summed E-state index contributed by atoms with van der Waals surface area (Å²) in [5, 5.41) is 19.2. The minimum absolute atomic E-state index is 0.243. The number of carbonyl (C=O) groups is 1. The van der Waals surface area contributed by atoms with E-state index in [9.17, 15) is 13.2 Å². The van der Waals surface area contributed by atoms with E-state index in [1.54, 1.807) is 23.2 Å². The SMILES string of the molecule is Cc1cc(Nc2ncnc3ccc(OC4CC5CCC(C4)N5)cc23)ccc1Oc1cc2ncnn2cn1.O=C(O)C(F)(F)F. The lowest BCUT2D eigenvalue weighted by atomic mass is 10.0. The topological polar surface area (TPSA) is 149 Å². The number of nitrogens with one attached hydrogen (secondary N) is 2. The molecule has 0 spiro atoms. The Morgan fingerprint density at radius 3 is 2.52 bits per heavy atom. The van der Waals surface area contributed by atoms with E-state index in [2.05, 4.69) is 35.7 Å². The number of hydrogen-bond acceptors (Lipinski definition) is 10. The summed E-state index contributed by atoms with van der Waals surface area (Å²) in [6.45, 7) is 1.99. The first kappa shape index (κ1) is 29.0. The number of halogens is 3. The molecule has 0 saturated carbocycles. The van der Waals surface area contributed by atoms with Gasteiger partial charge in [0.15, 0.2) is 5.65 Å². The van der Waals surface area contributed by atoms with Crippen LogP contribution in [0.3, 0.4) is 0 Å². The molecule has 12 nitrogen and oxygen atoms in total. The van der Waals surface area contributed by atoms with Gasteiger partial charge in [0.25, 0.3) is 0 Å².